The molecule has 2 heterocycles. The van der Waals surface area contributed by atoms with Gasteiger partial charge in [0.2, 0.25) is 11.8 Å². The maximum Gasteiger partial charge on any atom is 0.228 e. The van der Waals surface area contributed by atoms with Crippen molar-refractivity contribution in [1.82, 2.24) is 15.1 Å². The molecule has 138 valence electrons. The normalized spacial score (nSPS) is 13.4. The van der Waals surface area contributed by atoms with E-state index in [1.165, 1.54) is 5.56 Å². The number of amides is 2. The summed E-state index contributed by atoms with van der Waals surface area (Å²) in [5, 5.41) is 7.29. The van der Waals surface area contributed by atoms with Gasteiger partial charge in [0.05, 0.1) is 5.69 Å². The van der Waals surface area contributed by atoms with Crippen LogP contribution >= 0.6 is 0 Å². The standard InChI is InChI=1S/C20H26N4O2/c1-3-16-5-7-17(8-6-16)14-21-18(25)9-10-20(26)23-11-4-12-24-19(23)13-15(2)22-24/h5-8,13H,3-4,9-12,14H2,1-2H3,(H,21,25). The predicted molar refractivity (Wildman–Crippen MR) is 101 cm³/mol. The minimum Gasteiger partial charge on any atom is -0.352 e. The number of hydrogen-bond acceptors (Lipinski definition) is 3. The molecule has 2 aromatic rings. The number of anilines is 1. The van der Waals surface area contributed by atoms with Gasteiger partial charge >= 0.3 is 0 Å². The van der Waals surface area contributed by atoms with E-state index in [4.69, 9.17) is 0 Å². The molecule has 0 saturated heterocycles. The molecule has 0 saturated carbocycles. The number of hydrogen-bond donors (Lipinski definition) is 1. The number of rotatable bonds is 6. The third kappa shape index (κ3) is 4.31. The van der Waals surface area contributed by atoms with Crippen LogP contribution < -0.4 is 10.2 Å². The Hall–Kier alpha value is -2.63. The van der Waals surface area contributed by atoms with E-state index >= 15 is 0 Å². The summed E-state index contributed by atoms with van der Waals surface area (Å²) in [7, 11) is 0. The summed E-state index contributed by atoms with van der Waals surface area (Å²) >= 11 is 0. The first kappa shape index (κ1) is 18.2. The van der Waals surface area contributed by atoms with E-state index in [0.717, 1.165) is 36.5 Å². The summed E-state index contributed by atoms with van der Waals surface area (Å²) in [5.41, 5.74) is 3.26. The molecular weight excluding hydrogens is 328 g/mol. The van der Waals surface area contributed by atoms with Crippen LogP contribution in [0.5, 0.6) is 0 Å². The number of fused-ring (bicyclic) bond motifs is 1. The molecule has 1 aromatic heterocycles. The SMILES string of the molecule is CCc1ccc(CNC(=O)CCC(=O)N2CCCn3nc(C)cc32)cc1. The van der Waals surface area contributed by atoms with Crippen molar-refractivity contribution < 1.29 is 9.59 Å². The molecule has 0 fully saturated rings. The van der Waals surface area contributed by atoms with Gasteiger partial charge in [0.1, 0.15) is 5.82 Å². The summed E-state index contributed by atoms with van der Waals surface area (Å²) < 4.78 is 1.87. The Labute approximate surface area is 154 Å². The molecule has 2 amide bonds. The second-order valence-corrected chi connectivity index (χ2v) is 6.71. The lowest BCUT2D eigenvalue weighted by Gasteiger charge is -2.27. The topological polar surface area (TPSA) is 67.2 Å². The van der Waals surface area contributed by atoms with E-state index in [-0.39, 0.29) is 24.7 Å². The molecule has 0 bridgehead atoms. The van der Waals surface area contributed by atoms with Crippen molar-refractivity contribution in [2.24, 2.45) is 0 Å². The lowest BCUT2D eigenvalue weighted by Crippen LogP contribution is -2.38. The Morgan fingerprint density at radius 1 is 1.12 bits per heavy atom. The Balaban J connectivity index is 1.47. The summed E-state index contributed by atoms with van der Waals surface area (Å²) in [6, 6.07) is 10.1. The first-order valence-electron chi connectivity index (χ1n) is 9.26. The van der Waals surface area contributed by atoms with Crippen LogP contribution in [0.15, 0.2) is 30.3 Å². The van der Waals surface area contributed by atoms with E-state index in [9.17, 15) is 9.59 Å². The molecule has 1 aliphatic rings. The zero-order chi connectivity index (χ0) is 18.5. The van der Waals surface area contributed by atoms with Crippen molar-refractivity contribution in [3.63, 3.8) is 0 Å². The quantitative estimate of drug-likeness (QED) is 0.867. The molecule has 0 spiro atoms. The van der Waals surface area contributed by atoms with Gasteiger partial charge in [-0.15, -0.1) is 0 Å². The minimum absolute atomic E-state index is 0.0201. The van der Waals surface area contributed by atoms with Crippen LogP contribution in [-0.4, -0.2) is 28.1 Å². The average molecular weight is 354 g/mol. The zero-order valence-corrected chi connectivity index (χ0v) is 15.5. The lowest BCUT2D eigenvalue weighted by atomic mass is 10.1. The van der Waals surface area contributed by atoms with E-state index in [1.54, 1.807) is 4.90 Å². The van der Waals surface area contributed by atoms with Crippen LogP contribution in [0, 0.1) is 6.92 Å². The molecule has 0 radical (unpaired) electrons. The number of benzene rings is 1. The molecule has 0 unspecified atom stereocenters. The van der Waals surface area contributed by atoms with Gasteiger partial charge in [-0.1, -0.05) is 31.2 Å². The fraction of sp³-hybridized carbons (Fsp3) is 0.450. The van der Waals surface area contributed by atoms with Crippen LogP contribution in [-0.2, 0) is 29.1 Å². The van der Waals surface area contributed by atoms with Crippen molar-refractivity contribution in [2.75, 3.05) is 11.4 Å². The third-order valence-electron chi connectivity index (χ3n) is 4.70. The monoisotopic (exact) mass is 354 g/mol. The van der Waals surface area contributed by atoms with Crippen LogP contribution in [0.4, 0.5) is 5.82 Å². The fourth-order valence-corrected chi connectivity index (χ4v) is 3.20. The fourth-order valence-electron chi connectivity index (χ4n) is 3.20. The Morgan fingerprint density at radius 3 is 2.58 bits per heavy atom. The van der Waals surface area contributed by atoms with E-state index in [1.807, 2.05) is 29.8 Å². The molecule has 1 aromatic carbocycles. The highest BCUT2D eigenvalue weighted by atomic mass is 16.2. The van der Waals surface area contributed by atoms with Gasteiger partial charge < -0.3 is 5.32 Å². The Kier molecular flexibility index (Phi) is 5.71. The van der Waals surface area contributed by atoms with Crippen LogP contribution in [0.25, 0.3) is 0 Å². The van der Waals surface area contributed by atoms with E-state index in [2.05, 4.69) is 29.5 Å². The summed E-state index contributed by atoms with van der Waals surface area (Å²) in [6.45, 7) is 6.06. The van der Waals surface area contributed by atoms with Crippen molar-refractivity contribution >= 4 is 17.6 Å². The third-order valence-corrected chi connectivity index (χ3v) is 4.70. The number of nitrogens with zero attached hydrogens (tertiary/aromatic N) is 3. The van der Waals surface area contributed by atoms with Crippen LogP contribution in [0.1, 0.15) is 43.0 Å². The second-order valence-electron chi connectivity index (χ2n) is 6.71. The maximum absolute atomic E-state index is 12.5. The van der Waals surface area contributed by atoms with Crippen molar-refractivity contribution in [1.29, 1.82) is 0 Å². The number of nitrogens with one attached hydrogen (secondary N) is 1. The smallest absolute Gasteiger partial charge is 0.228 e. The van der Waals surface area contributed by atoms with Crippen molar-refractivity contribution in [3.8, 4) is 0 Å². The van der Waals surface area contributed by atoms with Gasteiger partial charge in [-0.3, -0.25) is 14.5 Å². The summed E-state index contributed by atoms with van der Waals surface area (Å²) in [5.74, 6) is 0.725. The first-order chi connectivity index (χ1) is 12.6. The molecule has 6 nitrogen and oxygen atoms in total. The number of aryl methyl sites for hydroxylation is 3. The molecule has 1 aliphatic heterocycles. The highest BCUT2D eigenvalue weighted by molar-refractivity contribution is 5.95. The first-order valence-corrected chi connectivity index (χ1v) is 9.26. The highest BCUT2D eigenvalue weighted by Gasteiger charge is 2.24. The predicted octanol–water partition coefficient (Wildman–Crippen LogP) is 2.59. The van der Waals surface area contributed by atoms with Gasteiger partial charge in [-0.05, 0) is 30.9 Å². The van der Waals surface area contributed by atoms with Gasteiger partial charge in [-0.2, -0.15) is 5.10 Å². The van der Waals surface area contributed by atoms with Crippen molar-refractivity contribution in [2.45, 2.75) is 52.6 Å². The highest BCUT2D eigenvalue weighted by Crippen LogP contribution is 2.22. The molecule has 3 rings (SSSR count). The molecule has 1 N–H and O–H groups in total. The number of carbonyl (C=O) groups is 2. The number of carbonyl (C=O) groups excluding carboxylic acids is 2. The minimum atomic E-state index is -0.0976. The van der Waals surface area contributed by atoms with Crippen LogP contribution in [0.3, 0.4) is 0 Å². The summed E-state index contributed by atoms with van der Waals surface area (Å²) in [6.07, 6.45) is 2.31. The summed E-state index contributed by atoms with van der Waals surface area (Å²) in [4.78, 5) is 26.4. The molecule has 6 heteroatoms. The lowest BCUT2D eigenvalue weighted by molar-refractivity contribution is -0.125. The van der Waals surface area contributed by atoms with Crippen LogP contribution in [0.2, 0.25) is 0 Å². The molecule has 0 aliphatic carbocycles. The molecular formula is C20H26N4O2. The largest absolute Gasteiger partial charge is 0.352 e. The Bertz CT molecular complexity index is 780. The van der Waals surface area contributed by atoms with E-state index < -0.39 is 0 Å². The van der Waals surface area contributed by atoms with Crippen molar-refractivity contribution in [3.05, 3.63) is 47.2 Å². The average Bonchev–Trinajstić information content (AvgIpc) is 3.04. The van der Waals surface area contributed by atoms with Gasteiger partial charge in [0.15, 0.2) is 0 Å². The number of aromatic nitrogens is 2. The maximum atomic E-state index is 12.5. The zero-order valence-electron chi connectivity index (χ0n) is 15.5. The van der Waals surface area contributed by atoms with Gasteiger partial charge in [0.25, 0.3) is 0 Å². The molecule has 26 heavy (non-hydrogen) atoms. The second kappa shape index (κ2) is 8.17. The van der Waals surface area contributed by atoms with E-state index in [0.29, 0.717) is 13.1 Å². The molecule has 0 atom stereocenters. The van der Waals surface area contributed by atoms with Gasteiger partial charge in [0, 0.05) is 38.5 Å². The van der Waals surface area contributed by atoms with Gasteiger partial charge in [-0.25, -0.2) is 4.68 Å². The Morgan fingerprint density at radius 2 is 1.85 bits per heavy atom.